The van der Waals surface area contributed by atoms with Gasteiger partial charge in [-0.15, -0.1) is 10.2 Å². The van der Waals surface area contributed by atoms with E-state index in [0.717, 1.165) is 0 Å². The van der Waals surface area contributed by atoms with Crippen molar-refractivity contribution in [3.05, 3.63) is 12.1 Å². The van der Waals surface area contributed by atoms with Gasteiger partial charge in [0, 0.05) is 10.7 Å². The molecule has 0 aromatic carbocycles. The third-order valence-corrected chi connectivity index (χ3v) is 2.77. The Kier molecular flexibility index (Phi) is 2.01. The van der Waals surface area contributed by atoms with Crippen LogP contribution < -0.4 is 0 Å². The Morgan fingerprint density at radius 3 is 2.64 bits per heavy atom. The lowest BCUT2D eigenvalue weighted by Gasteiger charge is -1.88. The van der Waals surface area contributed by atoms with Crippen LogP contribution >= 0.6 is 10.7 Å². The highest BCUT2D eigenvalue weighted by Crippen LogP contribution is 2.18. The van der Waals surface area contributed by atoms with Crippen LogP contribution in [-0.4, -0.2) is 34.0 Å². The van der Waals surface area contributed by atoms with Crippen LogP contribution in [0, 0.1) is 0 Å². The molecule has 0 amide bonds. The van der Waals surface area contributed by atoms with Crippen LogP contribution in [0.3, 0.4) is 0 Å². The number of nitrogens with zero attached hydrogens (tertiary/aromatic N) is 3. The van der Waals surface area contributed by atoms with Crippen LogP contribution in [0.4, 0.5) is 0 Å². The van der Waals surface area contributed by atoms with Crippen molar-refractivity contribution in [1.29, 1.82) is 0 Å². The molecule has 0 unspecified atom stereocenters. The second-order valence-electron chi connectivity index (χ2n) is 2.41. The minimum atomic E-state index is -3.74. The lowest BCUT2D eigenvalue weighted by atomic mass is 10.4. The molecule has 0 saturated carbocycles. The smallest absolute Gasteiger partial charge is 0.276 e. The normalized spacial score (nSPS) is 11.8. The molecule has 2 N–H and O–H groups in total. The molecule has 9 heteroatoms. The highest BCUT2D eigenvalue weighted by atomic mass is 35.7. The predicted molar refractivity (Wildman–Crippen MR) is 47.0 cm³/mol. The second-order valence-corrected chi connectivity index (χ2v) is 4.94. The Morgan fingerprint density at radius 2 is 2.14 bits per heavy atom. The zero-order valence-electron chi connectivity index (χ0n) is 6.60. The summed E-state index contributed by atoms with van der Waals surface area (Å²) in [6, 6.07) is 2.83. The maximum absolute atomic E-state index is 10.9. The number of halogens is 1. The minimum absolute atomic E-state index is 0.0982. The molecule has 0 aliphatic carbocycles. The molecule has 0 aliphatic rings. The van der Waals surface area contributed by atoms with Crippen molar-refractivity contribution >= 4 is 19.7 Å². The van der Waals surface area contributed by atoms with Gasteiger partial charge in [0.15, 0.2) is 0 Å². The van der Waals surface area contributed by atoms with Gasteiger partial charge >= 0.3 is 0 Å². The summed E-state index contributed by atoms with van der Waals surface area (Å²) in [7, 11) is 1.37. The van der Waals surface area contributed by atoms with Crippen molar-refractivity contribution in [3.63, 3.8) is 0 Å². The molecular formula is C5H4ClN5O2S. The molecule has 0 aliphatic heterocycles. The van der Waals surface area contributed by atoms with E-state index in [-0.39, 0.29) is 10.9 Å². The van der Waals surface area contributed by atoms with E-state index in [1.165, 1.54) is 12.1 Å². The Balaban J connectivity index is 2.46. The molecule has 7 nitrogen and oxygen atoms in total. The molecule has 0 radical (unpaired) electrons. The maximum Gasteiger partial charge on any atom is 0.276 e. The van der Waals surface area contributed by atoms with Crippen molar-refractivity contribution in [2.45, 2.75) is 5.03 Å². The minimum Gasteiger partial charge on any atom is -0.342 e. The number of nitrogens with one attached hydrogen (secondary N) is 2. The van der Waals surface area contributed by atoms with E-state index in [2.05, 4.69) is 25.6 Å². The standard InChI is InChI=1S/C5H4ClN5O2S/c6-14(12,13)4-2-1-3(7-4)5-8-10-11-9-5/h1-2,7H,(H,8,9,10,11). The van der Waals surface area contributed by atoms with E-state index in [1.807, 2.05) is 0 Å². The molecule has 0 atom stereocenters. The summed E-state index contributed by atoms with van der Waals surface area (Å²) >= 11 is 0. The molecule has 74 valence electrons. The van der Waals surface area contributed by atoms with E-state index < -0.39 is 9.05 Å². The third-order valence-electron chi connectivity index (χ3n) is 1.51. The number of aromatic amines is 2. The van der Waals surface area contributed by atoms with E-state index in [1.54, 1.807) is 0 Å². The van der Waals surface area contributed by atoms with Gasteiger partial charge in [0.25, 0.3) is 9.05 Å². The first-order valence-electron chi connectivity index (χ1n) is 3.45. The SMILES string of the molecule is O=S(=O)(Cl)c1ccc(-c2nn[nH]n2)[nH]1. The quantitative estimate of drug-likeness (QED) is 0.717. The zero-order valence-corrected chi connectivity index (χ0v) is 8.17. The fourth-order valence-corrected chi connectivity index (χ4v) is 1.66. The van der Waals surface area contributed by atoms with Crippen LogP contribution in [0.25, 0.3) is 11.5 Å². The first kappa shape index (κ1) is 9.16. The van der Waals surface area contributed by atoms with Crippen LogP contribution in [0.5, 0.6) is 0 Å². The van der Waals surface area contributed by atoms with Crippen molar-refractivity contribution in [1.82, 2.24) is 25.6 Å². The molecule has 0 spiro atoms. The van der Waals surface area contributed by atoms with Gasteiger partial charge in [0.2, 0.25) is 5.82 Å². The summed E-state index contributed by atoms with van der Waals surface area (Å²) in [5.41, 5.74) is 0.429. The van der Waals surface area contributed by atoms with E-state index in [9.17, 15) is 8.42 Å². The molecule has 0 saturated heterocycles. The average Bonchev–Trinajstić information content (AvgIpc) is 2.73. The number of hydrogen-bond donors (Lipinski definition) is 2. The zero-order chi connectivity index (χ0) is 10.2. The molecule has 2 aromatic heterocycles. The molecular weight excluding hydrogens is 230 g/mol. The second kappa shape index (κ2) is 3.07. The molecule has 14 heavy (non-hydrogen) atoms. The third kappa shape index (κ3) is 1.61. The number of hydrogen-bond acceptors (Lipinski definition) is 5. The van der Waals surface area contributed by atoms with Crippen molar-refractivity contribution in [2.75, 3.05) is 0 Å². The van der Waals surface area contributed by atoms with Crippen molar-refractivity contribution < 1.29 is 8.42 Å². The first-order chi connectivity index (χ1) is 6.57. The Hall–Kier alpha value is -1.41. The van der Waals surface area contributed by atoms with Gasteiger partial charge in [-0.2, -0.15) is 5.21 Å². The lowest BCUT2D eigenvalue weighted by Crippen LogP contribution is -1.90. The average molecular weight is 234 g/mol. The Morgan fingerprint density at radius 1 is 1.36 bits per heavy atom. The van der Waals surface area contributed by atoms with Crippen molar-refractivity contribution in [3.8, 4) is 11.5 Å². The van der Waals surface area contributed by atoms with E-state index in [4.69, 9.17) is 10.7 Å². The Labute approximate surface area is 82.9 Å². The van der Waals surface area contributed by atoms with Crippen LogP contribution in [0.15, 0.2) is 17.2 Å². The van der Waals surface area contributed by atoms with Gasteiger partial charge in [-0.05, 0) is 17.3 Å². The van der Waals surface area contributed by atoms with Gasteiger partial charge in [-0.3, -0.25) is 0 Å². The monoisotopic (exact) mass is 233 g/mol. The Bertz CT molecular complexity index is 530. The largest absolute Gasteiger partial charge is 0.342 e. The summed E-state index contributed by atoms with van der Waals surface area (Å²) in [4.78, 5) is 2.55. The lowest BCUT2D eigenvalue weighted by molar-refractivity contribution is 0.607. The number of aromatic nitrogens is 5. The summed E-state index contributed by atoms with van der Waals surface area (Å²) in [6.07, 6.45) is 0. The van der Waals surface area contributed by atoms with Crippen LogP contribution in [0.2, 0.25) is 0 Å². The van der Waals surface area contributed by atoms with Gasteiger partial charge in [0.05, 0.1) is 5.69 Å². The van der Waals surface area contributed by atoms with E-state index >= 15 is 0 Å². The van der Waals surface area contributed by atoms with Crippen LogP contribution in [-0.2, 0) is 9.05 Å². The van der Waals surface area contributed by atoms with Gasteiger partial charge in [-0.25, -0.2) is 8.42 Å². The molecule has 2 rings (SSSR count). The van der Waals surface area contributed by atoms with Crippen LogP contribution in [0.1, 0.15) is 0 Å². The summed E-state index contributed by atoms with van der Waals surface area (Å²) in [5.74, 6) is 0.275. The van der Waals surface area contributed by atoms with Gasteiger partial charge < -0.3 is 4.98 Å². The molecule has 0 fully saturated rings. The molecule has 2 heterocycles. The summed E-state index contributed by atoms with van der Waals surface area (Å²) < 4.78 is 21.8. The van der Waals surface area contributed by atoms with Gasteiger partial charge in [0.1, 0.15) is 5.03 Å². The first-order valence-corrected chi connectivity index (χ1v) is 5.76. The molecule has 0 bridgehead atoms. The number of rotatable bonds is 2. The highest BCUT2D eigenvalue weighted by molar-refractivity contribution is 8.13. The van der Waals surface area contributed by atoms with Crippen molar-refractivity contribution in [2.24, 2.45) is 0 Å². The fraction of sp³-hybridized carbons (Fsp3) is 0. The van der Waals surface area contributed by atoms with E-state index in [0.29, 0.717) is 5.69 Å². The maximum atomic E-state index is 10.9. The highest BCUT2D eigenvalue weighted by Gasteiger charge is 2.14. The number of tetrazole rings is 1. The number of H-pyrrole nitrogens is 2. The fourth-order valence-electron chi connectivity index (χ4n) is 0.924. The predicted octanol–water partition coefficient (Wildman–Crippen LogP) is 0.122. The molecule has 2 aromatic rings. The van der Waals surface area contributed by atoms with Gasteiger partial charge in [-0.1, -0.05) is 0 Å². The summed E-state index contributed by atoms with van der Waals surface area (Å²) in [6.45, 7) is 0. The summed E-state index contributed by atoms with van der Waals surface area (Å²) in [5, 5.41) is 12.8. The topological polar surface area (TPSA) is 104 Å².